The molecule has 1 saturated heterocycles. The van der Waals surface area contributed by atoms with E-state index in [1.807, 2.05) is 25.7 Å². The van der Waals surface area contributed by atoms with E-state index < -0.39 is 11.5 Å². The molecule has 25 heavy (non-hydrogen) atoms. The second-order valence-electron chi connectivity index (χ2n) is 8.07. The highest BCUT2D eigenvalue weighted by Gasteiger charge is 2.42. The van der Waals surface area contributed by atoms with Gasteiger partial charge in [-0.25, -0.2) is 9.78 Å². The van der Waals surface area contributed by atoms with Crippen molar-refractivity contribution in [3.63, 3.8) is 0 Å². The third-order valence-electron chi connectivity index (χ3n) is 5.04. The third kappa shape index (κ3) is 4.41. The molecule has 1 aromatic heterocycles. The molecular weight excluding hydrogens is 321 g/mol. The van der Waals surface area contributed by atoms with E-state index in [9.17, 15) is 9.18 Å². The maximum absolute atomic E-state index is 13.3. The van der Waals surface area contributed by atoms with Crippen molar-refractivity contribution in [3.05, 3.63) is 24.1 Å². The minimum Gasteiger partial charge on any atom is -0.444 e. The molecule has 3 atom stereocenters. The number of hydrogen-bond donors (Lipinski definition) is 1. The number of anilines is 1. The highest BCUT2D eigenvalue weighted by molar-refractivity contribution is 5.69. The molecule has 1 aliphatic carbocycles. The van der Waals surface area contributed by atoms with Crippen molar-refractivity contribution < 1.29 is 13.9 Å². The smallest absolute Gasteiger partial charge is 0.410 e. The van der Waals surface area contributed by atoms with Gasteiger partial charge in [0.2, 0.25) is 5.95 Å². The Kier molecular flexibility index (Phi) is 5.16. The van der Waals surface area contributed by atoms with Gasteiger partial charge in [0.15, 0.2) is 0 Å². The molecular formula is C19H28FN3O2. The Morgan fingerprint density at radius 2 is 2.08 bits per heavy atom. The lowest BCUT2D eigenvalue weighted by atomic mass is 9.92. The second-order valence-corrected chi connectivity index (χ2v) is 8.07. The Labute approximate surface area is 148 Å². The molecule has 5 nitrogen and oxygen atoms in total. The van der Waals surface area contributed by atoms with Crippen LogP contribution >= 0.6 is 0 Å². The SMILES string of the molecule is CC(C)(C)OC(=O)N1CCCC1C1CCCC1Nc1cccc(F)n1. The summed E-state index contributed by atoms with van der Waals surface area (Å²) >= 11 is 0. The molecule has 0 bridgehead atoms. The quantitative estimate of drug-likeness (QED) is 0.831. The molecule has 138 valence electrons. The molecule has 2 aliphatic rings. The molecule has 1 aromatic rings. The van der Waals surface area contributed by atoms with Crippen LogP contribution in [-0.4, -0.2) is 40.2 Å². The number of halogens is 1. The fraction of sp³-hybridized carbons (Fsp3) is 0.684. The summed E-state index contributed by atoms with van der Waals surface area (Å²) in [6.45, 7) is 6.43. The monoisotopic (exact) mass is 349 g/mol. The van der Waals surface area contributed by atoms with Crippen molar-refractivity contribution in [3.8, 4) is 0 Å². The Morgan fingerprint density at radius 3 is 2.80 bits per heavy atom. The lowest BCUT2D eigenvalue weighted by molar-refractivity contribution is 0.0175. The number of nitrogens with one attached hydrogen (secondary N) is 1. The normalized spacial score (nSPS) is 26.7. The van der Waals surface area contributed by atoms with Gasteiger partial charge in [0, 0.05) is 18.6 Å². The minimum atomic E-state index is -0.483. The van der Waals surface area contributed by atoms with Crippen molar-refractivity contribution >= 4 is 11.9 Å². The lowest BCUT2D eigenvalue weighted by Gasteiger charge is -2.34. The summed E-state index contributed by atoms with van der Waals surface area (Å²) in [4.78, 5) is 18.4. The van der Waals surface area contributed by atoms with Crippen molar-refractivity contribution in [2.45, 2.75) is 70.6 Å². The minimum absolute atomic E-state index is 0.184. The first-order chi connectivity index (χ1) is 11.8. The number of aromatic nitrogens is 1. The highest BCUT2D eigenvalue weighted by Crippen LogP contribution is 2.37. The van der Waals surface area contributed by atoms with Crippen LogP contribution in [0.25, 0.3) is 0 Å². The van der Waals surface area contributed by atoms with E-state index in [0.29, 0.717) is 11.7 Å². The predicted octanol–water partition coefficient (Wildman–Crippen LogP) is 4.20. The zero-order chi connectivity index (χ0) is 18.0. The Morgan fingerprint density at radius 1 is 1.28 bits per heavy atom. The largest absolute Gasteiger partial charge is 0.444 e. The molecule has 3 rings (SSSR count). The van der Waals surface area contributed by atoms with Gasteiger partial charge in [0.1, 0.15) is 11.4 Å². The van der Waals surface area contributed by atoms with Crippen LogP contribution in [0.3, 0.4) is 0 Å². The van der Waals surface area contributed by atoms with E-state index >= 15 is 0 Å². The molecule has 1 N–H and O–H groups in total. The van der Waals surface area contributed by atoms with Crippen LogP contribution in [0, 0.1) is 11.9 Å². The summed E-state index contributed by atoms with van der Waals surface area (Å²) in [6, 6.07) is 5.19. The fourth-order valence-electron chi connectivity index (χ4n) is 4.09. The summed E-state index contributed by atoms with van der Waals surface area (Å²) in [7, 11) is 0. The van der Waals surface area contributed by atoms with Gasteiger partial charge in [-0.05, 0) is 64.5 Å². The lowest BCUT2D eigenvalue weighted by Crippen LogP contribution is -2.46. The number of nitrogens with zero attached hydrogens (tertiary/aromatic N) is 2. The third-order valence-corrected chi connectivity index (χ3v) is 5.04. The first kappa shape index (κ1) is 18.0. The molecule has 2 heterocycles. The summed E-state index contributed by atoms with van der Waals surface area (Å²) in [5.74, 6) is 0.439. The average Bonchev–Trinajstić information content (AvgIpc) is 3.13. The summed E-state index contributed by atoms with van der Waals surface area (Å²) < 4.78 is 18.9. The van der Waals surface area contributed by atoms with Crippen molar-refractivity contribution in [2.24, 2.45) is 5.92 Å². The van der Waals surface area contributed by atoms with Crippen LogP contribution in [0.5, 0.6) is 0 Å². The Bertz CT molecular complexity index is 617. The molecule has 0 radical (unpaired) electrons. The van der Waals surface area contributed by atoms with E-state index in [2.05, 4.69) is 10.3 Å². The van der Waals surface area contributed by atoms with E-state index in [0.717, 1.165) is 38.6 Å². The number of pyridine rings is 1. The van der Waals surface area contributed by atoms with E-state index in [1.54, 1.807) is 12.1 Å². The number of carbonyl (C=O) groups excluding carboxylic acids is 1. The first-order valence-corrected chi connectivity index (χ1v) is 9.22. The Hall–Kier alpha value is -1.85. The highest BCUT2D eigenvalue weighted by atomic mass is 19.1. The van der Waals surface area contributed by atoms with Crippen LogP contribution < -0.4 is 5.32 Å². The number of amides is 1. The van der Waals surface area contributed by atoms with E-state index in [4.69, 9.17) is 4.74 Å². The number of ether oxygens (including phenoxy) is 1. The maximum Gasteiger partial charge on any atom is 0.410 e. The molecule has 6 heteroatoms. The molecule has 2 fully saturated rings. The van der Waals surface area contributed by atoms with Gasteiger partial charge < -0.3 is 15.0 Å². The van der Waals surface area contributed by atoms with Gasteiger partial charge in [-0.1, -0.05) is 12.5 Å². The van der Waals surface area contributed by atoms with Crippen LogP contribution in [0.1, 0.15) is 52.9 Å². The molecule has 1 amide bonds. The number of carbonyl (C=O) groups is 1. The fourth-order valence-corrected chi connectivity index (χ4v) is 4.09. The standard InChI is InChI=1S/C19H28FN3O2/c1-19(2,3)25-18(24)23-12-6-9-15(23)13-7-4-8-14(13)21-17-11-5-10-16(20)22-17/h5,10-11,13-15H,4,6-9,12H2,1-3H3,(H,21,22). The van der Waals surface area contributed by atoms with Crippen molar-refractivity contribution in [1.82, 2.24) is 9.88 Å². The van der Waals surface area contributed by atoms with Crippen LogP contribution in [0.4, 0.5) is 15.0 Å². The second kappa shape index (κ2) is 7.18. The van der Waals surface area contributed by atoms with Gasteiger partial charge in [0.25, 0.3) is 0 Å². The zero-order valence-corrected chi connectivity index (χ0v) is 15.3. The van der Waals surface area contributed by atoms with Gasteiger partial charge in [-0.3, -0.25) is 0 Å². The van der Waals surface area contributed by atoms with Crippen molar-refractivity contribution in [1.29, 1.82) is 0 Å². The average molecular weight is 349 g/mol. The molecule has 0 spiro atoms. The maximum atomic E-state index is 13.3. The van der Waals surface area contributed by atoms with Crippen LogP contribution in [0.15, 0.2) is 18.2 Å². The summed E-state index contributed by atoms with van der Waals surface area (Å²) in [5.41, 5.74) is -0.483. The Balaban J connectivity index is 1.69. The molecule has 1 aliphatic heterocycles. The number of rotatable bonds is 3. The van der Waals surface area contributed by atoms with Crippen molar-refractivity contribution in [2.75, 3.05) is 11.9 Å². The first-order valence-electron chi connectivity index (χ1n) is 9.22. The van der Waals surface area contributed by atoms with Gasteiger partial charge in [0.05, 0.1) is 0 Å². The van der Waals surface area contributed by atoms with E-state index in [1.165, 1.54) is 6.07 Å². The summed E-state index contributed by atoms with van der Waals surface area (Å²) in [6.07, 6.45) is 4.98. The van der Waals surface area contributed by atoms with E-state index in [-0.39, 0.29) is 18.2 Å². The topological polar surface area (TPSA) is 54.5 Å². The van der Waals surface area contributed by atoms with Gasteiger partial charge in [-0.2, -0.15) is 4.39 Å². The number of likely N-dealkylation sites (tertiary alicyclic amines) is 1. The van der Waals surface area contributed by atoms with Gasteiger partial charge in [-0.15, -0.1) is 0 Å². The van der Waals surface area contributed by atoms with Gasteiger partial charge >= 0.3 is 6.09 Å². The molecule has 0 aromatic carbocycles. The molecule has 3 unspecified atom stereocenters. The van der Waals surface area contributed by atoms with Crippen LogP contribution in [0.2, 0.25) is 0 Å². The number of hydrogen-bond acceptors (Lipinski definition) is 4. The zero-order valence-electron chi connectivity index (χ0n) is 15.3. The predicted molar refractivity (Wildman–Crippen MR) is 94.9 cm³/mol. The van der Waals surface area contributed by atoms with Crippen LogP contribution in [-0.2, 0) is 4.74 Å². The molecule has 1 saturated carbocycles. The summed E-state index contributed by atoms with van der Waals surface area (Å²) in [5, 5.41) is 3.39.